The molecule has 0 saturated carbocycles. The van der Waals surface area contributed by atoms with Crippen molar-refractivity contribution in [1.82, 2.24) is 0 Å². The van der Waals surface area contributed by atoms with Crippen molar-refractivity contribution in [2.45, 2.75) is 0 Å². The van der Waals surface area contributed by atoms with Gasteiger partial charge in [0.1, 0.15) is 19.0 Å². The van der Waals surface area contributed by atoms with Crippen LogP contribution in [0.2, 0.25) is 0 Å². The number of ether oxygens (including phenoxy) is 2. The molecule has 0 atom stereocenters. The maximum absolute atomic E-state index is 12.8. The monoisotopic (exact) mass is 320 g/mol. The van der Waals surface area contributed by atoms with Gasteiger partial charge in [0.2, 0.25) is 0 Å². The molecule has 0 bridgehead atoms. The molecule has 0 aliphatic heterocycles. The van der Waals surface area contributed by atoms with E-state index in [0.717, 1.165) is 6.07 Å². The SMILES string of the molecule is F[B-](F)(F)c1ccccc1OCCOc1ccccc1.[K+]. The molecule has 0 saturated heterocycles. The third-order valence-electron chi connectivity index (χ3n) is 2.62. The van der Waals surface area contributed by atoms with Crippen LogP contribution < -0.4 is 66.3 Å². The van der Waals surface area contributed by atoms with Gasteiger partial charge in [0, 0.05) is 0 Å². The summed E-state index contributed by atoms with van der Waals surface area (Å²) in [5.41, 5.74) is -0.716. The maximum Gasteiger partial charge on any atom is 1.00 e. The van der Waals surface area contributed by atoms with Crippen LogP contribution >= 0.6 is 0 Å². The summed E-state index contributed by atoms with van der Waals surface area (Å²) in [6, 6.07) is 14.2. The fourth-order valence-electron chi connectivity index (χ4n) is 1.71. The van der Waals surface area contributed by atoms with Crippen molar-refractivity contribution in [2.24, 2.45) is 0 Å². The van der Waals surface area contributed by atoms with Crippen LogP contribution in [0.4, 0.5) is 12.9 Å². The number of hydrogen-bond acceptors (Lipinski definition) is 2. The number of halogens is 3. The first-order chi connectivity index (χ1) is 9.57. The Morgan fingerprint density at radius 3 is 2.00 bits per heavy atom. The van der Waals surface area contributed by atoms with E-state index >= 15 is 0 Å². The summed E-state index contributed by atoms with van der Waals surface area (Å²) in [7, 11) is 0. The zero-order valence-electron chi connectivity index (χ0n) is 11.6. The number of rotatable bonds is 6. The van der Waals surface area contributed by atoms with Crippen LogP contribution in [0.1, 0.15) is 0 Å². The fraction of sp³-hybridized carbons (Fsp3) is 0.143. The standard InChI is InChI=1S/C14H13BF3O2.K/c16-15(17,18)13-8-4-5-9-14(13)20-11-10-19-12-6-2-1-3-7-12;/h1-9H,10-11H2;/q-1;+1. The van der Waals surface area contributed by atoms with Crippen LogP contribution in [0.25, 0.3) is 0 Å². The van der Waals surface area contributed by atoms with Crippen molar-refractivity contribution in [3.05, 3.63) is 54.6 Å². The predicted octanol–water partition coefficient (Wildman–Crippen LogP) is 0.203. The van der Waals surface area contributed by atoms with Gasteiger partial charge >= 0.3 is 58.4 Å². The average molecular weight is 320 g/mol. The summed E-state index contributed by atoms with van der Waals surface area (Å²) in [5.74, 6) is 0.501. The van der Waals surface area contributed by atoms with Crippen molar-refractivity contribution in [3.63, 3.8) is 0 Å². The molecule has 106 valence electrons. The molecule has 2 nitrogen and oxygen atoms in total. The van der Waals surface area contributed by atoms with Crippen LogP contribution in [0.5, 0.6) is 11.5 Å². The second-order valence-corrected chi connectivity index (χ2v) is 4.12. The van der Waals surface area contributed by atoms with E-state index in [1.807, 2.05) is 18.2 Å². The second-order valence-electron chi connectivity index (χ2n) is 4.12. The van der Waals surface area contributed by atoms with Crippen LogP contribution in [0.15, 0.2) is 54.6 Å². The van der Waals surface area contributed by atoms with Gasteiger partial charge < -0.3 is 22.4 Å². The van der Waals surface area contributed by atoms with Gasteiger partial charge in [-0.15, -0.1) is 0 Å². The van der Waals surface area contributed by atoms with Crippen LogP contribution in [0.3, 0.4) is 0 Å². The van der Waals surface area contributed by atoms with Gasteiger partial charge in [0.25, 0.3) is 0 Å². The summed E-state index contributed by atoms with van der Waals surface area (Å²) in [6.45, 7) is -4.83. The van der Waals surface area contributed by atoms with Crippen molar-refractivity contribution >= 4 is 12.4 Å². The first kappa shape index (κ1) is 18.6. The summed E-state index contributed by atoms with van der Waals surface area (Å²) in [4.78, 5) is 0. The van der Waals surface area contributed by atoms with Crippen LogP contribution in [0, 0.1) is 0 Å². The third-order valence-corrected chi connectivity index (χ3v) is 2.62. The molecule has 0 aliphatic rings. The van der Waals surface area contributed by atoms with Crippen LogP contribution in [-0.4, -0.2) is 20.2 Å². The number of para-hydroxylation sites is 2. The predicted molar refractivity (Wildman–Crippen MR) is 72.6 cm³/mol. The first-order valence-corrected chi connectivity index (χ1v) is 6.17. The van der Waals surface area contributed by atoms with Gasteiger partial charge in [-0.1, -0.05) is 41.9 Å². The van der Waals surface area contributed by atoms with Crippen LogP contribution in [-0.2, 0) is 0 Å². The Kier molecular flexibility index (Phi) is 7.83. The molecule has 0 radical (unpaired) electrons. The van der Waals surface area contributed by atoms with Gasteiger partial charge in [0.05, 0.1) is 5.75 Å². The minimum atomic E-state index is -5.07. The average Bonchev–Trinajstić information content (AvgIpc) is 2.44. The van der Waals surface area contributed by atoms with E-state index in [0.29, 0.717) is 5.75 Å². The third kappa shape index (κ3) is 6.04. The summed E-state index contributed by atoms with van der Waals surface area (Å²) < 4.78 is 48.8. The molecule has 21 heavy (non-hydrogen) atoms. The smallest absolute Gasteiger partial charge is 0.493 e. The zero-order chi connectivity index (χ0) is 14.4. The topological polar surface area (TPSA) is 18.5 Å². The van der Waals surface area contributed by atoms with Crippen molar-refractivity contribution in [3.8, 4) is 11.5 Å². The second kappa shape index (κ2) is 8.85. The van der Waals surface area contributed by atoms with Gasteiger partial charge in [-0.25, -0.2) is 0 Å². The van der Waals surface area contributed by atoms with E-state index in [4.69, 9.17) is 9.47 Å². The molecule has 2 aromatic rings. The molecule has 0 unspecified atom stereocenters. The Labute approximate surface area is 164 Å². The normalized spacial score (nSPS) is 10.6. The largest absolute Gasteiger partial charge is 1.00 e. The molecule has 0 spiro atoms. The summed E-state index contributed by atoms with van der Waals surface area (Å²) in [5, 5.41) is 0. The first-order valence-electron chi connectivity index (χ1n) is 6.17. The number of benzene rings is 2. The van der Waals surface area contributed by atoms with E-state index in [1.54, 1.807) is 12.1 Å². The van der Waals surface area contributed by atoms with E-state index in [-0.39, 0.29) is 70.3 Å². The zero-order valence-corrected chi connectivity index (χ0v) is 14.8. The molecule has 0 amide bonds. The van der Waals surface area contributed by atoms with Gasteiger partial charge in [0.15, 0.2) is 0 Å². The maximum atomic E-state index is 12.8. The van der Waals surface area contributed by atoms with E-state index in [9.17, 15) is 12.9 Å². The quantitative estimate of drug-likeness (QED) is 0.559. The Hall–Kier alpha value is -0.469. The fourth-order valence-corrected chi connectivity index (χ4v) is 1.71. The van der Waals surface area contributed by atoms with Gasteiger partial charge in [-0.3, -0.25) is 0 Å². The Balaban J connectivity index is 0.00000220. The molecule has 0 heterocycles. The molecule has 0 fully saturated rings. The molecule has 2 aromatic carbocycles. The Morgan fingerprint density at radius 2 is 1.33 bits per heavy atom. The summed E-state index contributed by atoms with van der Waals surface area (Å²) >= 11 is 0. The molecular formula is C14H13BF3KO2. The van der Waals surface area contributed by atoms with E-state index < -0.39 is 12.4 Å². The molecule has 0 N–H and O–H groups in total. The molecule has 0 aromatic heterocycles. The van der Waals surface area contributed by atoms with E-state index in [2.05, 4.69) is 0 Å². The molecular weight excluding hydrogens is 307 g/mol. The van der Waals surface area contributed by atoms with Crippen molar-refractivity contribution in [2.75, 3.05) is 13.2 Å². The minimum Gasteiger partial charge on any atom is -0.493 e. The Bertz CT molecular complexity index is 549. The van der Waals surface area contributed by atoms with Gasteiger partial charge in [-0.05, 0) is 18.2 Å². The molecule has 7 heteroatoms. The van der Waals surface area contributed by atoms with Crippen molar-refractivity contribution in [1.29, 1.82) is 0 Å². The Morgan fingerprint density at radius 1 is 0.762 bits per heavy atom. The minimum absolute atomic E-state index is 0. The number of hydrogen-bond donors (Lipinski definition) is 0. The van der Waals surface area contributed by atoms with Gasteiger partial charge in [-0.2, -0.15) is 0 Å². The summed E-state index contributed by atoms with van der Waals surface area (Å²) in [6.07, 6.45) is 0. The molecule has 0 aliphatic carbocycles. The van der Waals surface area contributed by atoms with E-state index in [1.165, 1.54) is 18.2 Å². The molecule has 2 rings (SSSR count). The van der Waals surface area contributed by atoms with Crippen molar-refractivity contribution < 1.29 is 73.8 Å².